The van der Waals surface area contributed by atoms with Gasteiger partial charge in [-0.05, 0) is 43.7 Å². The van der Waals surface area contributed by atoms with E-state index in [0.717, 1.165) is 16.8 Å². The zero-order valence-corrected chi connectivity index (χ0v) is 12.9. The van der Waals surface area contributed by atoms with E-state index in [1.54, 1.807) is 19.1 Å². The van der Waals surface area contributed by atoms with Gasteiger partial charge in [0, 0.05) is 10.7 Å². The van der Waals surface area contributed by atoms with Crippen LogP contribution in [0.4, 0.5) is 5.69 Å². The van der Waals surface area contributed by atoms with Crippen LogP contribution in [-0.2, 0) is 9.53 Å². The molecule has 1 unspecified atom stereocenters. The molecule has 0 amide bonds. The Kier molecular flexibility index (Phi) is 5.23. The maximum absolute atomic E-state index is 12.2. The molecule has 0 heterocycles. The molecule has 0 radical (unpaired) electrons. The monoisotopic (exact) mass is 303 g/mol. The van der Waals surface area contributed by atoms with Gasteiger partial charge in [0.15, 0.2) is 6.04 Å². The van der Waals surface area contributed by atoms with Crippen LogP contribution < -0.4 is 5.32 Å². The van der Waals surface area contributed by atoms with Crippen LogP contribution in [0.25, 0.3) is 0 Å². The first kappa shape index (κ1) is 15.4. The summed E-state index contributed by atoms with van der Waals surface area (Å²) in [4.78, 5) is 12.2. The Morgan fingerprint density at radius 2 is 1.95 bits per heavy atom. The summed E-state index contributed by atoms with van der Waals surface area (Å²) in [6.07, 6.45) is 0. The van der Waals surface area contributed by atoms with Gasteiger partial charge in [0.25, 0.3) is 0 Å². The standard InChI is InChI=1S/C17H18ClNO2/c1-3-21-17(20)16(13-5-4-6-14(18)11-13)19-15-9-7-12(2)8-10-15/h4-11,16,19H,3H2,1-2H3. The fraction of sp³-hybridized carbons (Fsp3) is 0.235. The summed E-state index contributed by atoms with van der Waals surface area (Å²) in [5.74, 6) is -0.319. The van der Waals surface area contributed by atoms with Gasteiger partial charge >= 0.3 is 5.97 Å². The molecule has 0 spiro atoms. The molecule has 0 fully saturated rings. The number of benzene rings is 2. The largest absolute Gasteiger partial charge is 0.464 e. The van der Waals surface area contributed by atoms with Crippen molar-refractivity contribution in [2.45, 2.75) is 19.9 Å². The average molecular weight is 304 g/mol. The molecule has 0 aliphatic heterocycles. The zero-order chi connectivity index (χ0) is 15.2. The molecule has 0 aliphatic rings. The lowest BCUT2D eigenvalue weighted by Crippen LogP contribution is -2.23. The number of aryl methyl sites for hydroxylation is 1. The van der Waals surface area contributed by atoms with E-state index in [1.165, 1.54) is 0 Å². The number of esters is 1. The van der Waals surface area contributed by atoms with Crippen molar-refractivity contribution in [2.24, 2.45) is 0 Å². The molecule has 0 saturated heterocycles. The van der Waals surface area contributed by atoms with Gasteiger partial charge in [-0.1, -0.05) is 41.4 Å². The lowest BCUT2D eigenvalue weighted by Gasteiger charge is -2.19. The summed E-state index contributed by atoms with van der Waals surface area (Å²) < 4.78 is 5.15. The van der Waals surface area contributed by atoms with Crippen LogP contribution in [-0.4, -0.2) is 12.6 Å². The Hall–Kier alpha value is -2.00. The first-order valence-corrected chi connectivity index (χ1v) is 7.23. The minimum Gasteiger partial charge on any atom is -0.464 e. The average Bonchev–Trinajstić information content (AvgIpc) is 2.47. The summed E-state index contributed by atoms with van der Waals surface area (Å²) in [5.41, 5.74) is 2.80. The van der Waals surface area contributed by atoms with Crippen molar-refractivity contribution in [3.8, 4) is 0 Å². The molecule has 0 aliphatic carbocycles. The van der Waals surface area contributed by atoms with Crippen molar-refractivity contribution in [3.63, 3.8) is 0 Å². The highest BCUT2D eigenvalue weighted by Crippen LogP contribution is 2.23. The fourth-order valence-corrected chi connectivity index (χ4v) is 2.21. The van der Waals surface area contributed by atoms with Crippen molar-refractivity contribution >= 4 is 23.3 Å². The van der Waals surface area contributed by atoms with E-state index < -0.39 is 6.04 Å². The topological polar surface area (TPSA) is 38.3 Å². The molecule has 0 saturated carbocycles. The lowest BCUT2D eigenvalue weighted by atomic mass is 10.1. The fourth-order valence-electron chi connectivity index (χ4n) is 2.01. The normalized spacial score (nSPS) is 11.8. The van der Waals surface area contributed by atoms with Crippen molar-refractivity contribution in [1.29, 1.82) is 0 Å². The van der Waals surface area contributed by atoms with Crippen molar-refractivity contribution < 1.29 is 9.53 Å². The molecular weight excluding hydrogens is 286 g/mol. The molecule has 110 valence electrons. The SMILES string of the molecule is CCOC(=O)C(Nc1ccc(C)cc1)c1cccc(Cl)c1. The van der Waals surface area contributed by atoms with E-state index in [9.17, 15) is 4.79 Å². The second kappa shape index (κ2) is 7.14. The molecule has 2 aromatic rings. The number of rotatable bonds is 5. The predicted octanol–water partition coefficient (Wildman–Crippen LogP) is 4.36. The number of halogens is 1. The molecule has 0 aromatic heterocycles. The number of ether oxygens (including phenoxy) is 1. The summed E-state index contributed by atoms with van der Waals surface area (Å²) >= 11 is 6.01. The van der Waals surface area contributed by atoms with Crippen LogP contribution in [0.15, 0.2) is 48.5 Å². The number of anilines is 1. The summed E-state index contributed by atoms with van der Waals surface area (Å²) in [7, 11) is 0. The highest BCUT2D eigenvalue weighted by atomic mass is 35.5. The van der Waals surface area contributed by atoms with Gasteiger partial charge in [0.05, 0.1) is 6.61 Å². The lowest BCUT2D eigenvalue weighted by molar-refractivity contribution is -0.144. The van der Waals surface area contributed by atoms with E-state index in [2.05, 4.69) is 5.32 Å². The van der Waals surface area contributed by atoms with Crippen molar-refractivity contribution in [2.75, 3.05) is 11.9 Å². The van der Waals surface area contributed by atoms with Crippen LogP contribution in [0.5, 0.6) is 0 Å². The van der Waals surface area contributed by atoms with E-state index in [4.69, 9.17) is 16.3 Å². The van der Waals surface area contributed by atoms with Crippen LogP contribution >= 0.6 is 11.6 Å². The first-order valence-electron chi connectivity index (χ1n) is 6.85. The van der Waals surface area contributed by atoms with Gasteiger partial charge in [-0.25, -0.2) is 4.79 Å². The molecule has 4 heteroatoms. The Bertz CT molecular complexity index is 610. The van der Waals surface area contributed by atoms with Crippen LogP contribution in [0.2, 0.25) is 5.02 Å². The van der Waals surface area contributed by atoms with Gasteiger partial charge in [-0.15, -0.1) is 0 Å². The third kappa shape index (κ3) is 4.23. The van der Waals surface area contributed by atoms with E-state index in [0.29, 0.717) is 11.6 Å². The van der Waals surface area contributed by atoms with Gasteiger partial charge in [0.2, 0.25) is 0 Å². The Morgan fingerprint density at radius 3 is 2.57 bits per heavy atom. The highest BCUT2D eigenvalue weighted by molar-refractivity contribution is 6.30. The van der Waals surface area contributed by atoms with Crippen LogP contribution in [0.1, 0.15) is 24.1 Å². The van der Waals surface area contributed by atoms with Crippen molar-refractivity contribution in [1.82, 2.24) is 0 Å². The second-order valence-corrected chi connectivity index (χ2v) is 5.19. The number of carbonyl (C=O) groups excluding carboxylic acids is 1. The smallest absolute Gasteiger partial charge is 0.333 e. The first-order chi connectivity index (χ1) is 10.1. The quantitative estimate of drug-likeness (QED) is 0.834. The number of carbonyl (C=O) groups is 1. The number of hydrogen-bond acceptors (Lipinski definition) is 3. The van der Waals surface area contributed by atoms with Crippen molar-refractivity contribution in [3.05, 3.63) is 64.7 Å². The Balaban J connectivity index is 2.27. The van der Waals surface area contributed by atoms with Gasteiger partial charge in [-0.2, -0.15) is 0 Å². The Morgan fingerprint density at radius 1 is 1.24 bits per heavy atom. The molecule has 0 bridgehead atoms. The molecular formula is C17H18ClNO2. The van der Waals surface area contributed by atoms with E-state index >= 15 is 0 Å². The van der Waals surface area contributed by atoms with E-state index in [-0.39, 0.29) is 5.97 Å². The van der Waals surface area contributed by atoms with Crippen LogP contribution in [0.3, 0.4) is 0 Å². The van der Waals surface area contributed by atoms with Gasteiger partial charge in [0.1, 0.15) is 0 Å². The number of hydrogen-bond donors (Lipinski definition) is 1. The zero-order valence-electron chi connectivity index (χ0n) is 12.1. The molecule has 1 N–H and O–H groups in total. The van der Waals surface area contributed by atoms with Crippen LogP contribution in [0, 0.1) is 6.92 Å². The summed E-state index contributed by atoms with van der Waals surface area (Å²) in [6, 6.07) is 14.5. The second-order valence-electron chi connectivity index (χ2n) is 4.75. The third-order valence-corrected chi connectivity index (χ3v) is 3.30. The minimum atomic E-state index is -0.577. The predicted molar refractivity (Wildman–Crippen MR) is 85.6 cm³/mol. The maximum Gasteiger partial charge on any atom is 0.333 e. The van der Waals surface area contributed by atoms with Gasteiger partial charge in [-0.3, -0.25) is 0 Å². The molecule has 21 heavy (non-hydrogen) atoms. The highest BCUT2D eigenvalue weighted by Gasteiger charge is 2.22. The summed E-state index contributed by atoms with van der Waals surface area (Å²) in [5, 5.41) is 3.79. The molecule has 1 atom stereocenters. The third-order valence-electron chi connectivity index (χ3n) is 3.07. The minimum absolute atomic E-state index is 0.319. The maximum atomic E-state index is 12.2. The molecule has 3 nitrogen and oxygen atoms in total. The Labute approximate surface area is 129 Å². The molecule has 2 rings (SSSR count). The van der Waals surface area contributed by atoms with E-state index in [1.807, 2.05) is 43.3 Å². The molecule has 2 aromatic carbocycles. The number of nitrogens with one attached hydrogen (secondary N) is 1. The summed E-state index contributed by atoms with van der Waals surface area (Å²) in [6.45, 7) is 4.15. The van der Waals surface area contributed by atoms with Gasteiger partial charge < -0.3 is 10.1 Å².